The molecule has 16 heteroatoms. The van der Waals surface area contributed by atoms with Crippen molar-refractivity contribution < 1.29 is 72.5 Å². The average Bonchev–Trinajstić information content (AvgIpc) is 3.08. The Hall–Kier alpha value is -3.86. The van der Waals surface area contributed by atoms with Crippen LogP contribution >= 0.6 is 0 Å². The van der Waals surface area contributed by atoms with Gasteiger partial charge in [-0.2, -0.15) is 0 Å². The molecule has 2 aliphatic heterocycles. The summed E-state index contributed by atoms with van der Waals surface area (Å²) in [5, 5.41) is 39.8. The molecule has 5 rings (SSSR count). The summed E-state index contributed by atoms with van der Waals surface area (Å²) in [5.41, 5.74) is -8.99. The lowest BCUT2D eigenvalue weighted by Gasteiger charge is -2.67. The Kier molecular flexibility index (Phi) is 12.7. The van der Waals surface area contributed by atoms with Crippen LogP contribution in [-0.4, -0.2) is 117 Å². The summed E-state index contributed by atoms with van der Waals surface area (Å²) in [7, 11) is 0. The van der Waals surface area contributed by atoms with Crippen molar-refractivity contribution in [2.45, 2.75) is 181 Å². The number of aliphatic hydroxyl groups is 3. The van der Waals surface area contributed by atoms with Crippen LogP contribution in [-0.2, 0) is 52.4 Å². The van der Waals surface area contributed by atoms with Crippen molar-refractivity contribution in [3.8, 4) is 0 Å². The Morgan fingerprint density at radius 2 is 1.59 bits per heavy atom. The number of allylic oxidation sites excluding steroid dienone is 2. The maximum atomic E-state index is 15.4. The van der Waals surface area contributed by atoms with Crippen molar-refractivity contribution in [3.63, 3.8) is 0 Å². The summed E-state index contributed by atoms with van der Waals surface area (Å²) in [4.78, 5) is 82.6. The monoisotopic (exact) mass is 833 g/mol. The highest BCUT2D eigenvalue weighted by molar-refractivity contribution is 5.95. The molecule has 3 aliphatic carbocycles. The van der Waals surface area contributed by atoms with Crippen LogP contribution in [0.15, 0.2) is 23.3 Å². The second kappa shape index (κ2) is 16.2. The molecule has 0 unspecified atom stereocenters. The Morgan fingerprint density at radius 1 is 0.949 bits per heavy atom. The summed E-state index contributed by atoms with van der Waals surface area (Å²) >= 11 is 0. The first-order chi connectivity index (χ1) is 27.1. The fraction of sp³-hybridized carbons (Fsp3) is 0.767. The molecule has 3 bridgehead atoms. The van der Waals surface area contributed by atoms with Crippen molar-refractivity contribution in [1.82, 2.24) is 5.32 Å². The van der Waals surface area contributed by atoms with Gasteiger partial charge in [0, 0.05) is 32.1 Å². The van der Waals surface area contributed by atoms with E-state index in [4.69, 9.17) is 28.4 Å². The SMILES string of the molecule is CC(=O)O[C@H]1C(=O)[C@@]2(C)[C@H]([C@@H]3OC(=O)CC(C)(C)CC/C=C/CC[C@H](NC(=O)OC(C)(C)C)[C@@H](O)C(=O)O[C@H]4C[C@]3(O)C(C)(C)C1=C4C)[C@]1(OC(C)=O)CO[C@@H]1C[C@@H]2O. The van der Waals surface area contributed by atoms with Gasteiger partial charge in [-0.1, -0.05) is 39.8 Å². The lowest BCUT2D eigenvalue weighted by Crippen LogP contribution is -2.82. The van der Waals surface area contributed by atoms with Gasteiger partial charge < -0.3 is 49.1 Å². The number of nitrogens with one attached hydrogen (secondary N) is 1. The zero-order valence-electron chi connectivity index (χ0n) is 36.2. The van der Waals surface area contributed by atoms with Gasteiger partial charge in [-0.3, -0.25) is 19.2 Å². The molecule has 59 heavy (non-hydrogen) atoms. The van der Waals surface area contributed by atoms with Crippen LogP contribution in [0.3, 0.4) is 0 Å². The number of carbonyl (C=O) groups excluding carboxylic acids is 6. The number of rotatable bonds is 3. The number of amides is 1. The first-order valence-electron chi connectivity index (χ1n) is 20.5. The number of hydrogen-bond acceptors (Lipinski definition) is 15. The number of ether oxygens (including phenoxy) is 6. The molecule has 5 aliphatic rings. The average molecular weight is 834 g/mol. The van der Waals surface area contributed by atoms with Gasteiger partial charge in [0.2, 0.25) is 0 Å². The first kappa shape index (κ1) is 46.2. The zero-order chi connectivity index (χ0) is 44.3. The molecule has 330 valence electrons. The Bertz CT molecular complexity index is 1780. The van der Waals surface area contributed by atoms with Crippen LogP contribution < -0.4 is 5.32 Å². The van der Waals surface area contributed by atoms with Crippen molar-refractivity contribution in [2.75, 3.05) is 6.61 Å². The standard InChI is InChI=1S/C43H63NO15/c1-22-26-19-43(53)35(57-29(48)20-39(7,8)17-15-13-12-14-16-25(31(49)36(51)56-26)44-37(52)59-38(4,5)6)33-41(11,27(47)18-28-42(33,21-54-28)58-24(3)46)34(50)32(55-23(2)45)30(22)40(43,9)10/h12-13,25-28,31-33,35,47,49,53H,14-21H2,1-11H3,(H,44,52)/b13-12+/t25-,26-,27-,28+,31+,32+,33-,35-,41+,42-,43+/m0/s1. The molecule has 0 aromatic carbocycles. The van der Waals surface area contributed by atoms with Crippen LogP contribution in [0, 0.1) is 22.2 Å². The third-order valence-electron chi connectivity index (χ3n) is 13.2. The smallest absolute Gasteiger partial charge is 0.407 e. The number of fused-ring (bicyclic) bond motifs is 6. The quantitative estimate of drug-likeness (QED) is 0.181. The van der Waals surface area contributed by atoms with Gasteiger partial charge >= 0.3 is 30.0 Å². The van der Waals surface area contributed by atoms with Crippen molar-refractivity contribution in [3.05, 3.63) is 23.3 Å². The van der Waals surface area contributed by atoms with E-state index in [2.05, 4.69) is 5.32 Å². The molecule has 3 fully saturated rings. The Balaban J connectivity index is 1.77. The predicted octanol–water partition coefficient (Wildman–Crippen LogP) is 3.69. The fourth-order valence-electron chi connectivity index (χ4n) is 10.0. The minimum absolute atomic E-state index is 0.0310. The highest BCUT2D eigenvalue weighted by Gasteiger charge is 2.78. The Labute approximate surface area is 345 Å². The fourth-order valence-corrected chi connectivity index (χ4v) is 10.0. The first-order valence-corrected chi connectivity index (χ1v) is 20.5. The van der Waals surface area contributed by atoms with Crippen molar-refractivity contribution >= 4 is 35.8 Å². The molecule has 0 radical (unpaired) electrons. The van der Waals surface area contributed by atoms with Gasteiger partial charge in [-0.15, -0.1) is 0 Å². The van der Waals surface area contributed by atoms with Gasteiger partial charge in [0.05, 0.1) is 36.5 Å². The molecule has 0 spiro atoms. The normalized spacial score (nSPS) is 39.2. The highest BCUT2D eigenvalue weighted by Crippen LogP contribution is 2.64. The molecule has 1 saturated heterocycles. The van der Waals surface area contributed by atoms with E-state index in [1.807, 2.05) is 26.0 Å². The summed E-state index contributed by atoms with van der Waals surface area (Å²) in [6.07, 6.45) is -5.92. The number of carbonyl (C=O) groups is 6. The lowest BCUT2D eigenvalue weighted by atomic mass is 9.44. The number of aliphatic hydroxyl groups excluding tert-OH is 2. The van der Waals surface area contributed by atoms with Gasteiger partial charge in [0.15, 0.2) is 23.6 Å². The minimum Gasteiger partial charge on any atom is -0.459 e. The third-order valence-corrected chi connectivity index (χ3v) is 13.2. The number of alkyl carbamates (subject to hydrolysis) is 1. The van der Waals surface area contributed by atoms with E-state index in [9.17, 15) is 39.3 Å². The molecule has 1 amide bonds. The summed E-state index contributed by atoms with van der Waals surface area (Å²) in [5.74, 6) is -5.89. The molecular formula is C43H63NO15. The second-order valence-electron chi connectivity index (χ2n) is 19.5. The van der Waals surface area contributed by atoms with Crippen LogP contribution in [0.5, 0.6) is 0 Å². The van der Waals surface area contributed by atoms with Gasteiger partial charge in [-0.05, 0) is 76.9 Å². The Morgan fingerprint density at radius 3 is 2.17 bits per heavy atom. The van der Waals surface area contributed by atoms with Crippen molar-refractivity contribution in [1.29, 1.82) is 0 Å². The molecule has 0 aromatic rings. The number of ketones is 1. The highest BCUT2D eigenvalue weighted by atomic mass is 16.6. The number of hydrogen-bond donors (Lipinski definition) is 4. The van der Waals surface area contributed by atoms with E-state index < -0.39 is 124 Å². The third kappa shape index (κ3) is 8.56. The van der Waals surface area contributed by atoms with E-state index in [-0.39, 0.29) is 37.0 Å². The largest absolute Gasteiger partial charge is 0.459 e. The van der Waals surface area contributed by atoms with E-state index >= 15 is 4.79 Å². The van der Waals surface area contributed by atoms with E-state index in [1.54, 1.807) is 34.6 Å². The maximum Gasteiger partial charge on any atom is 0.407 e. The molecule has 2 saturated carbocycles. The molecule has 0 aromatic heterocycles. The molecule has 11 atom stereocenters. The maximum absolute atomic E-state index is 15.4. The van der Waals surface area contributed by atoms with Crippen LogP contribution in [0.25, 0.3) is 0 Å². The van der Waals surface area contributed by atoms with Gasteiger partial charge in [0.25, 0.3) is 0 Å². The van der Waals surface area contributed by atoms with Gasteiger partial charge in [-0.25, -0.2) is 9.59 Å². The second-order valence-corrected chi connectivity index (χ2v) is 19.5. The topological polar surface area (TPSA) is 231 Å². The summed E-state index contributed by atoms with van der Waals surface area (Å²) < 4.78 is 35.7. The predicted molar refractivity (Wildman–Crippen MR) is 208 cm³/mol. The van der Waals surface area contributed by atoms with E-state index in [0.29, 0.717) is 19.3 Å². The molecule has 2 heterocycles. The number of esters is 4. The van der Waals surface area contributed by atoms with Crippen LogP contribution in [0.2, 0.25) is 0 Å². The summed E-state index contributed by atoms with van der Waals surface area (Å²) in [6.45, 7) is 16.9. The molecule has 16 nitrogen and oxygen atoms in total. The molecular weight excluding hydrogens is 770 g/mol. The van der Waals surface area contributed by atoms with E-state index in [0.717, 1.165) is 6.92 Å². The summed E-state index contributed by atoms with van der Waals surface area (Å²) in [6, 6.07) is -1.19. The van der Waals surface area contributed by atoms with Crippen molar-refractivity contribution in [2.24, 2.45) is 22.2 Å². The van der Waals surface area contributed by atoms with Crippen LogP contribution in [0.1, 0.15) is 121 Å². The van der Waals surface area contributed by atoms with Crippen LogP contribution in [0.4, 0.5) is 4.79 Å². The lowest BCUT2D eigenvalue weighted by molar-refractivity contribution is -0.347. The number of Topliss-reactive ketones (excluding diaryl/α,β-unsaturated/α-hetero) is 1. The zero-order valence-corrected chi connectivity index (χ0v) is 36.2. The molecule has 4 N–H and O–H groups in total. The van der Waals surface area contributed by atoms with E-state index in [1.165, 1.54) is 20.8 Å². The van der Waals surface area contributed by atoms with Gasteiger partial charge in [0.1, 0.15) is 29.5 Å². The minimum atomic E-state index is -2.32.